The number of benzene rings is 8. The molecule has 0 saturated carbocycles. The minimum absolute atomic E-state index is 0.0279. The van der Waals surface area contributed by atoms with E-state index in [1.165, 1.54) is 0 Å². The first-order chi connectivity index (χ1) is 24.9. The third-order valence-electron chi connectivity index (χ3n) is 7.77. The molecule has 0 unspecified atom stereocenters. The van der Waals surface area contributed by atoms with E-state index in [-0.39, 0.29) is 37.9 Å². The van der Waals surface area contributed by atoms with E-state index in [0.29, 0.717) is 27.7 Å². The summed E-state index contributed by atoms with van der Waals surface area (Å²) in [5.41, 5.74) is 3.11. The Kier molecular flexibility index (Phi) is 2.98. The van der Waals surface area contributed by atoms with Gasteiger partial charge >= 0.3 is 0 Å². The van der Waals surface area contributed by atoms with Crippen LogP contribution in [0.1, 0.15) is 15.1 Å². The molecule has 1 aromatic heterocycles. The van der Waals surface area contributed by atoms with E-state index in [1.807, 2.05) is 66.7 Å². The van der Waals surface area contributed by atoms with Gasteiger partial charge in [0, 0.05) is 16.3 Å². The summed E-state index contributed by atoms with van der Waals surface area (Å²) in [6.07, 6.45) is 0. The van der Waals surface area contributed by atoms with E-state index >= 15 is 0 Å². The molecule has 0 saturated heterocycles. The van der Waals surface area contributed by atoms with Crippen molar-refractivity contribution in [2.75, 3.05) is 0 Å². The highest BCUT2D eigenvalue weighted by molar-refractivity contribution is 6.24. The predicted octanol–water partition coefficient (Wildman–Crippen LogP) is 11.5. The van der Waals surface area contributed by atoms with E-state index in [1.54, 1.807) is 12.1 Å². The van der Waals surface area contributed by atoms with Crippen molar-refractivity contribution in [1.29, 1.82) is 0 Å². The van der Waals surface area contributed by atoms with Gasteiger partial charge in [0.25, 0.3) is 0 Å². The molecule has 8 aromatic carbocycles. The van der Waals surface area contributed by atoms with E-state index in [2.05, 4.69) is 0 Å². The topological polar surface area (TPSA) is 13.1 Å². The van der Waals surface area contributed by atoms with Gasteiger partial charge in [-0.1, -0.05) is 115 Å². The van der Waals surface area contributed by atoms with Crippen molar-refractivity contribution in [2.45, 2.75) is 0 Å². The van der Waals surface area contributed by atoms with Crippen molar-refractivity contribution < 1.29 is 19.5 Å². The molecule has 190 valence electrons. The highest BCUT2D eigenvalue weighted by Gasteiger charge is 2.21. The fourth-order valence-electron chi connectivity index (χ4n) is 6.00. The van der Waals surface area contributed by atoms with Crippen LogP contribution in [-0.2, 0) is 0 Å². The quantitative estimate of drug-likeness (QED) is 0.160. The SMILES string of the molecule is [2H]c1c([2H])c([2H])c2c([2H])c3c(c([2H])c([2H])c4c([2H])c([2H])c([2H])c([2H])c43)c(-c3ccc4oc5cc6ccccc6cc5c4c3-c3ccccc3)c2c1[2H]. The molecular weight excluding hydrogens is 496 g/mol. The molecular formula is C40H24O. The Hall–Kier alpha value is -5.40. The Labute approximate surface area is 252 Å². The monoisotopic (exact) mass is 531 g/mol. The average Bonchev–Trinajstić information content (AvgIpc) is 3.51. The summed E-state index contributed by atoms with van der Waals surface area (Å²) in [6, 6.07) is 19.2. The van der Waals surface area contributed by atoms with Crippen molar-refractivity contribution in [3.05, 3.63) is 145 Å². The second kappa shape index (κ2) is 8.55. The number of furan rings is 1. The van der Waals surface area contributed by atoms with Gasteiger partial charge in [0.15, 0.2) is 0 Å². The molecule has 0 atom stereocenters. The standard InChI is InChI=1S/C40H24O/c1-2-11-26(12-3-1)38-33(20-21-36-40(38)35-22-27-13-4-5-14-28(27)24-37(35)41-36)39-31-17-9-7-15-29(31)23-34-30-16-8-6-10-25(30)18-19-32(34)39/h1-24H/i6D,7D,8D,9D,10D,15D,16D,17D,18D,19D,23D. The van der Waals surface area contributed by atoms with Crippen LogP contribution in [0.3, 0.4) is 0 Å². The first-order valence-corrected chi connectivity index (χ1v) is 13.2. The molecule has 0 fully saturated rings. The fraction of sp³-hybridized carbons (Fsp3) is 0. The zero-order chi connectivity index (χ0) is 36.5. The van der Waals surface area contributed by atoms with E-state index in [9.17, 15) is 4.11 Å². The van der Waals surface area contributed by atoms with Gasteiger partial charge in [-0.2, -0.15) is 0 Å². The third-order valence-corrected chi connectivity index (χ3v) is 7.77. The lowest BCUT2D eigenvalue weighted by molar-refractivity contribution is 0.669. The van der Waals surface area contributed by atoms with Crippen molar-refractivity contribution in [2.24, 2.45) is 0 Å². The first-order valence-electron chi connectivity index (χ1n) is 18.7. The molecule has 0 bridgehead atoms. The van der Waals surface area contributed by atoms with Crippen LogP contribution >= 0.6 is 0 Å². The van der Waals surface area contributed by atoms with Gasteiger partial charge < -0.3 is 4.42 Å². The minimum atomic E-state index is -0.588. The van der Waals surface area contributed by atoms with E-state index in [0.717, 1.165) is 21.7 Å². The molecule has 41 heavy (non-hydrogen) atoms. The molecule has 0 aliphatic rings. The zero-order valence-corrected chi connectivity index (χ0v) is 21.4. The van der Waals surface area contributed by atoms with Gasteiger partial charge in [0.1, 0.15) is 11.2 Å². The third kappa shape index (κ3) is 3.30. The van der Waals surface area contributed by atoms with Crippen molar-refractivity contribution in [3.63, 3.8) is 0 Å². The van der Waals surface area contributed by atoms with Crippen molar-refractivity contribution in [3.8, 4) is 22.3 Å². The Morgan fingerprint density at radius 2 is 1.20 bits per heavy atom. The van der Waals surface area contributed by atoms with E-state index in [4.69, 9.17) is 15.4 Å². The van der Waals surface area contributed by atoms with Crippen LogP contribution in [0.15, 0.2) is 150 Å². The Bertz CT molecular complexity index is 3080. The number of hydrogen-bond acceptors (Lipinski definition) is 1. The second-order valence-corrected chi connectivity index (χ2v) is 10.0. The zero-order valence-electron chi connectivity index (χ0n) is 32.4. The predicted molar refractivity (Wildman–Crippen MR) is 175 cm³/mol. The van der Waals surface area contributed by atoms with Gasteiger partial charge in [0.2, 0.25) is 0 Å². The molecule has 0 N–H and O–H groups in total. The molecule has 0 aliphatic carbocycles. The number of rotatable bonds is 2. The summed E-state index contributed by atoms with van der Waals surface area (Å²) in [6.45, 7) is 0. The van der Waals surface area contributed by atoms with Crippen LogP contribution in [0.5, 0.6) is 0 Å². The Morgan fingerprint density at radius 3 is 2.05 bits per heavy atom. The molecule has 9 aromatic rings. The first kappa shape index (κ1) is 14.3. The van der Waals surface area contributed by atoms with Crippen molar-refractivity contribution in [1.82, 2.24) is 0 Å². The largest absolute Gasteiger partial charge is 0.456 e. The Morgan fingerprint density at radius 1 is 0.463 bits per heavy atom. The highest BCUT2D eigenvalue weighted by atomic mass is 16.3. The summed E-state index contributed by atoms with van der Waals surface area (Å²) in [7, 11) is 0. The summed E-state index contributed by atoms with van der Waals surface area (Å²) < 4.78 is 104. The minimum Gasteiger partial charge on any atom is -0.456 e. The summed E-state index contributed by atoms with van der Waals surface area (Å²) in [4.78, 5) is 0. The van der Waals surface area contributed by atoms with E-state index < -0.39 is 66.5 Å². The fourth-order valence-corrected chi connectivity index (χ4v) is 6.00. The second-order valence-electron chi connectivity index (χ2n) is 10.0. The van der Waals surface area contributed by atoms with Gasteiger partial charge in [-0.25, -0.2) is 0 Å². The molecule has 0 amide bonds. The molecule has 0 spiro atoms. The molecule has 9 rings (SSSR count). The van der Waals surface area contributed by atoms with Gasteiger partial charge in [-0.15, -0.1) is 0 Å². The molecule has 1 heteroatoms. The summed E-state index contributed by atoms with van der Waals surface area (Å²) >= 11 is 0. The molecule has 0 aliphatic heterocycles. The maximum Gasteiger partial charge on any atom is 0.136 e. The summed E-state index contributed by atoms with van der Waals surface area (Å²) in [5.74, 6) is 0. The molecule has 0 radical (unpaired) electrons. The lowest BCUT2D eigenvalue weighted by Gasteiger charge is -2.18. The van der Waals surface area contributed by atoms with Crippen LogP contribution in [0.2, 0.25) is 0 Å². The van der Waals surface area contributed by atoms with Crippen LogP contribution in [0, 0.1) is 0 Å². The van der Waals surface area contributed by atoms with Crippen molar-refractivity contribution >= 4 is 65.0 Å². The maximum atomic E-state index is 9.49. The lowest BCUT2D eigenvalue weighted by Crippen LogP contribution is -1.91. The normalized spacial score (nSPS) is 15.7. The highest BCUT2D eigenvalue weighted by Crippen LogP contribution is 2.47. The Balaban J connectivity index is 1.62. The average molecular weight is 532 g/mol. The van der Waals surface area contributed by atoms with Crippen LogP contribution < -0.4 is 0 Å². The van der Waals surface area contributed by atoms with Gasteiger partial charge in [-0.3, -0.25) is 0 Å². The number of hydrogen-bond donors (Lipinski definition) is 0. The van der Waals surface area contributed by atoms with Crippen LogP contribution in [0.25, 0.3) is 87.3 Å². The van der Waals surface area contributed by atoms with Gasteiger partial charge in [0.05, 0.1) is 15.1 Å². The maximum absolute atomic E-state index is 9.49. The molecule has 1 nitrogen and oxygen atoms in total. The lowest BCUT2D eigenvalue weighted by atomic mass is 9.85. The smallest absolute Gasteiger partial charge is 0.136 e. The van der Waals surface area contributed by atoms with Gasteiger partial charge in [-0.05, 0) is 90.1 Å². The van der Waals surface area contributed by atoms with Crippen LogP contribution in [0.4, 0.5) is 0 Å². The molecule has 1 heterocycles. The number of fused-ring (bicyclic) bond motifs is 8. The summed E-state index contributed by atoms with van der Waals surface area (Å²) in [5, 5.41) is 2.72. The van der Waals surface area contributed by atoms with Crippen LogP contribution in [-0.4, -0.2) is 0 Å².